The van der Waals surface area contributed by atoms with Crippen LogP contribution >= 0.6 is 7.92 Å². The summed E-state index contributed by atoms with van der Waals surface area (Å²) in [6.07, 6.45) is 15.1. The second-order valence-electron chi connectivity index (χ2n) is 17.0. The van der Waals surface area contributed by atoms with Gasteiger partial charge in [-0.2, -0.15) is 14.1 Å². The second kappa shape index (κ2) is 21.3. The molecule has 0 aliphatic heterocycles. The van der Waals surface area contributed by atoms with E-state index in [1.165, 1.54) is 86.5 Å². The van der Waals surface area contributed by atoms with E-state index in [1.54, 1.807) is 5.30 Å². The molecule has 0 spiro atoms. The van der Waals surface area contributed by atoms with Gasteiger partial charge in [-0.3, -0.25) is 4.55 Å². The van der Waals surface area contributed by atoms with Gasteiger partial charge in [-0.05, 0) is 85.5 Å². The minimum atomic E-state index is -3.67. The molecule has 6 rings (SSSR count). The number of para-hydroxylation sites is 1. The largest absolute Gasteiger partial charge is 2.00 e. The summed E-state index contributed by atoms with van der Waals surface area (Å²) < 4.78 is 32.1. The van der Waals surface area contributed by atoms with Crippen LogP contribution in [0.25, 0.3) is 27.6 Å². The van der Waals surface area contributed by atoms with E-state index in [1.807, 2.05) is 56.6 Å². The van der Waals surface area contributed by atoms with Gasteiger partial charge >= 0.3 is 20.4 Å². The van der Waals surface area contributed by atoms with Crippen molar-refractivity contribution in [2.24, 2.45) is 0 Å². The molecule has 2 saturated carbocycles. The van der Waals surface area contributed by atoms with Gasteiger partial charge in [-0.25, -0.2) is 0 Å². The van der Waals surface area contributed by atoms with Crippen LogP contribution in [0.15, 0.2) is 84.9 Å². The van der Waals surface area contributed by atoms with Crippen molar-refractivity contribution in [2.75, 3.05) is 20.4 Å². The predicted octanol–water partition coefficient (Wildman–Crippen LogP) is 12.8. The first-order chi connectivity index (χ1) is 25.5. The molecule has 1 N–H and O–H groups in total. The van der Waals surface area contributed by atoms with Gasteiger partial charge in [0, 0.05) is 19.0 Å². The van der Waals surface area contributed by atoms with E-state index in [2.05, 4.69) is 95.4 Å². The fourth-order valence-corrected chi connectivity index (χ4v) is 12.5. The Labute approximate surface area is 349 Å². The summed E-state index contributed by atoms with van der Waals surface area (Å²) >= 11 is 0. The summed E-state index contributed by atoms with van der Waals surface area (Å²) in [5, 5.41) is 5.92. The van der Waals surface area contributed by atoms with Gasteiger partial charge in [-0.1, -0.05) is 103 Å². The third-order valence-corrected chi connectivity index (χ3v) is 14.7. The van der Waals surface area contributed by atoms with Gasteiger partial charge in [0.15, 0.2) is 0 Å². The van der Waals surface area contributed by atoms with Crippen LogP contribution in [0.1, 0.15) is 117 Å². The Morgan fingerprint density at radius 2 is 1.25 bits per heavy atom. The number of benzene rings is 4. The molecule has 2 fully saturated rings. The van der Waals surface area contributed by atoms with Crippen molar-refractivity contribution >= 4 is 29.0 Å². The van der Waals surface area contributed by atoms with E-state index < -0.39 is 18.0 Å². The fraction of sp³-hybridized carbons (Fsp3) is 0.489. The molecule has 0 aromatic heterocycles. The van der Waals surface area contributed by atoms with Crippen LogP contribution in [0.2, 0.25) is 0 Å². The van der Waals surface area contributed by atoms with E-state index in [0.29, 0.717) is 6.26 Å². The molecule has 55 heavy (non-hydrogen) atoms. The molecular formula is C47H65NO4PPdS+. The minimum absolute atomic E-state index is 0. The summed E-state index contributed by atoms with van der Waals surface area (Å²) in [6, 6.07) is 33.6. The van der Waals surface area contributed by atoms with Crippen LogP contribution in [0.3, 0.4) is 0 Å². The van der Waals surface area contributed by atoms with E-state index in [4.69, 9.17) is 9.29 Å². The zero-order valence-corrected chi connectivity index (χ0v) is 38.0. The third-order valence-electron chi connectivity index (χ3n) is 10.7. The molecule has 0 atom stereocenters. The molecule has 4 aromatic carbocycles. The summed E-state index contributed by atoms with van der Waals surface area (Å²) in [5.74, 6) is 1.06. The van der Waals surface area contributed by atoms with Crippen LogP contribution in [0.5, 0.6) is 5.75 Å². The monoisotopic (exact) mass is 876 g/mol. The Morgan fingerprint density at radius 1 is 0.745 bits per heavy atom. The van der Waals surface area contributed by atoms with Gasteiger partial charge in [-0.15, -0.1) is 48.5 Å². The third kappa shape index (κ3) is 13.8. The molecule has 0 radical (unpaired) electrons. The maximum atomic E-state index is 9.19. The molecule has 2 aliphatic rings. The fourth-order valence-electron chi connectivity index (χ4n) is 8.09. The van der Waals surface area contributed by atoms with Crippen molar-refractivity contribution in [3.63, 3.8) is 0 Å². The average Bonchev–Trinajstić information content (AvgIpc) is 3.15. The van der Waals surface area contributed by atoms with Gasteiger partial charge in [0.1, 0.15) is 5.75 Å². The van der Waals surface area contributed by atoms with Crippen LogP contribution in [0, 0.1) is 6.07 Å². The first-order valence-corrected chi connectivity index (χ1v) is 23.3. The standard InChI is InChI=1S/C33H49OP.C13H11N.CH4O3S.Pd/c1-32(2,3)24-22-28(33(4,5)6)31(29(23-24)34-7)27-20-14-15-21-30(27)35(25-16-10-8-11-17-25)26-18-12-9-13-19-26;1-14-13-10-6-5-9-12(13)11-7-3-2-4-8-11;1-5(2,3)4;/h14-15,20-23,25-26H,8-13,16-19H2,1-7H3;2-7,9-10H,1H3;1H3,(H,2,3,4);/q;-2;;+2/p+1. The Bertz CT molecular complexity index is 1850. The number of methoxy groups -OCH3 is 1. The molecule has 0 unspecified atom stereocenters. The number of nitrogens with zero attached hydrogens (tertiary/aromatic N) is 1. The van der Waals surface area contributed by atoms with Gasteiger partial charge in [0.25, 0.3) is 10.1 Å². The SMILES string of the molecule is COc1cc(C(C)(C)C)cc(C(C)(C)C)c1-c1ccccc1[PH+](C1CCCCC1)C1CCCCC1.CS(=O)(=O)O.C[N-]c1ccccc1-c1[c-]cccc1.[Pd+2]. The smallest absolute Gasteiger partial charge is 0.694 e. The Kier molecular flexibility index (Phi) is 18.1. The summed E-state index contributed by atoms with van der Waals surface area (Å²) in [7, 11) is -0.670. The van der Waals surface area contributed by atoms with E-state index in [-0.39, 0.29) is 31.3 Å². The molecular weight excluding hydrogens is 812 g/mol. The van der Waals surface area contributed by atoms with Crippen molar-refractivity contribution in [1.29, 1.82) is 0 Å². The molecule has 302 valence electrons. The molecule has 0 bridgehead atoms. The van der Waals surface area contributed by atoms with Crippen LogP contribution in [0.4, 0.5) is 5.69 Å². The number of rotatable bonds is 7. The number of ether oxygens (including phenoxy) is 1. The van der Waals surface area contributed by atoms with Crippen molar-refractivity contribution in [2.45, 2.75) is 128 Å². The van der Waals surface area contributed by atoms with E-state index >= 15 is 0 Å². The molecule has 0 amide bonds. The van der Waals surface area contributed by atoms with E-state index in [0.717, 1.165) is 33.9 Å². The van der Waals surface area contributed by atoms with Crippen LogP contribution in [-0.4, -0.2) is 44.7 Å². The van der Waals surface area contributed by atoms with Crippen molar-refractivity contribution in [1.82, 2.24) is 0 Å². The zero-order valence-electron chi connectivity index (χ0n) is 34.7. The quantitative estimate of drug-likeness (QED) is 0.0868. The number of hydrogen-bond acceptors (Lipinski definition) is 3. The normalized spacial score (nSPS) is 15.5. The van der Waals surface area contributed by atoms with Crippen molar-refractivity contribution < 1.29 is 38.1 Å². The van der Waals surface area contributed by atoms with Crippen molar-refractivity contribution in [3.05, 3.63) is 107 Å². The van der Waals surface area contributed by atoms with Gasteiger partial charge < -0.3 is 10.1 Å². The Hall–Kier alpha value is -2.52. The second-order valence-corrected chi connectivity index (χ2v) is 21.6. The number of hydrogen-bond donors (Lipinski definition) is 1. The molecule has 0 heterocycles. The van der Waals surface area contributed by atoms with Crippen molar-refractivity contribution in [3.8, 4) is 28.0 Å². The zero-order chi connectivity index (χ0) is 39.5. The van der Waals surface area contributed by atoms with Crippen LogP contribution in [-0.2, 0) is 41.4 Å². The maximum Gasteiger partial charge on any atom is 2.00 e. The molecule has 5 nitrogen and oxygen atoms in total. The van der Waals surface area contributed by atoms with Gasteiger partial charge in [0.05, 0.1) is 30.0 Å². The van der Waals surface area contributed by atoms with E-state index in [9.17, 15) is 8.42 Å². The minimum Gasteiger partial charge on any atom is -0.694 e. The topological polar surface area (TPSA) is 77.7 Å². The molecule has 8 heteroatoms. The molecule has 4 aromatic rings. The Balaban J connectivity index is 0.000000334. The first kappa shape index (κ1) is 46.9. The Morgan fingerprint density at radius 3 is 1.73 bits per heavy atom. The average molecular weight is 878 g/mol. The first-order valence-electron chi connectivity index (χ1n) is 19.8. The predicted molar refractivity (Wildman–Crippen MR) is 235 cm³/mol. The van der Waals surface area contributed by atoms with Crippen LogP contribution < -0.4 is 10.0 Å². The maximum absolute atomic E-state index is 9.19. The van der Waals surface area contributed by atoms with Gasteiger partial charge in [0.2, 0.25) is 0 Å². The summed E-state index contributed by atoms with van der Waals surface area (Å²) in [4.78, 5) is 0. The molecule has 2 aliphatic carbocycles. The summed E-state index contributed by atoms with van der Waals surface area (Å²) in [5.41, 5.74) is 10.8. The molecule has 0 saturated heterocycles. The summed E-state index contributed by atoms with van der Waals surface area (Å²) in [6.45, 7) is 14.1.